The van der Waals surface area contributed by atoms with Crippen LogP contribution in [0.1, 0.15) is 36.6 Å². The number of hydrogen-bond donors (Lipinski definition) is 2. The van der Waals surface area contributed by atoms with Gasteiger partial charge in [0.25, 0.3) is 5.91 Å². The van der Waals surface area contributed by atoms with Crippen LogP contribution in [-0.2, 0) is 17.0 Å². The first-order chi connectivity index (χ1) is 17.1. The highest BCUT2D eigenvalue weighted by molar-refractivity contribution is 7.98. The number of benzene rings is 3. The fourth-order valence-corrected chi connectivity index (χ4v) is 4.96. The van der Waals surface area contributed by atoms with Crippen LogP contribution in [-0.4, -0.2) is 20.7 Å². The van der Waals surface area contributed by atoms with E-state index in [4.69, 9.17) is 10.1 Å². The highest BCUT2D eigenvalue weighted by Gasteiger charge is 2.34. The number of rotatable bonds is 7. The van der Waals surface area contributed by atoms with Gasteiger partial charge < -0.3 is 10.6 Å². The van der Waals surface area contributed by atoms with E-state index in [0.29, 0.717) is 16.7 Å². The number of carbonyl (C=O) groups is 1. The summed E-state index contributed by atoms with van der Waals surface area (Å²) < 4.78 is 1.83. The molecule has 7 heteroatoms. The molecule has 2 N–H and O–H groups in total. The molecule has 0 spiro atoms. The van der Waals surface area contributed by atoms with Crippen LogP contribution < -0.4 is 10.6 Å². The van der Waals surface area contributed by atoms with Gasteiger partial charge in [0.2, 0.25) is 11.1 Å². The maximum atomic E-state index is 13.5. The Balaban J connectivity index is 1.50. The Morgan fingerprint density at radius 3 is 2.34 bits per heavy atom. The topological polar surface area (TPSA) is 71.8 Å². The number of hydrogen-bond acceptors (Lipinski definition) is 5. The summed E-state index contributed by atoms with van der Waals surface area (Å²) >= 11 is 1.58. The molecule has 0 fully saturated rings. The molecular weight excluding hydrogens is 454 g/mol. The molecule has 176 valence electrons. The van der Waals surface area contributed by atoms with Crippen LogP contribution in [0.4, 0.5) is 11.6 Å². The van der Waals surface area contributed by atoms with Crippen molar-refractivity contribution in [1.29, 1.82) is 0 Å². The predicted octanol–water partition coefficient (Wildman–Crippen LogP) is 6.06. The molecule has 1 aliphatic rings. The summed E-state index contributed by atoms with van der Waals surface area (Å²) in [5.41, 5.74) is 5.59. The minimum Gasteiger partial charge on any atom is -0.328 e. The molecule has 0 saturated heterocycles. The lowest BCUT2D eigenvalue weighted by Gasteiger charge is -2.28. The zero-order valence-electron chi connectivity index (χ0n) is 19.7. The van der Waals surface area contributed by atoms with Crippen LogP contribution >= 0.6 is 11.8 Å². The Hall–Kier alpha value is -3.84. The van der Waals surface area contributed by atoms with Crippen LogP contribution in [0.2, 0.25) is 0 Å². The van der Waals surface area contributed by atoms with Crippen molar-refractivity contribution in [3.8, 4) is 0 Å². The Morgan fingerprint density at radius 2 is 1.66 bits per heavy atom. The van der Waals surface area contributed by atoms with Gasteiger partial charge in [-0.3, -0.25) is 4.79 Å². The number of nitrogens with zero attached hydrogens (tertiary/aromatic N) is 3. The van der Waals surface area contributed by atoms with Gasteiger partial charge in [0.1, 0.15) is 6.04 Å². The zero-order valence-corrected chi connectivity index (χ0v) is 20.5. The number of nitrogens with one attached hydrogen (secondary N) is 2. The quantitative estimate of drug-likeness (QED) is 0.314. The molecule has 35 heavy (non-hydrogen) atoms. The largest absolute Gasteiger partial charge is 0.328 e. The van der Waals surface area contributed by atoms with Gasteiger partial charge in [0.05, 0.1) is 5.57 Å². The van der Waals surface area contributed by atoms with Gasteiger partial charge in [-0.25, -0.2) is 4.68 Å². The summed E-state index contributed by atoms with van der Waals surface area (Å²) in [6.45, 7) is 4.05. The van der Waals surface area contributed by atoms with E-state index in [-0.39, 0.29) is 11.9 Å². The zero-order chi connectivity index (χ0) is 24.2. The van der Waals surface area contributed by atoms with Crippen molar-refractivity contribution < 1.29 is 4.79 Å². The number of aryl methyl sites for hydroxylation is 1. The monoisotopic (exact) mass is 481 g/mol. The highest BCUT2D eigenvalue weighted by Crippen LogP contribution is 2.37. The molecule has 0 bridgehead atoms. The van der Waals surface area contributed by atoms with Gasteiger partial charge in [-0.05, 0) is 42.2 Å². The molecule has 0 aliphatic carbocycles. The van der Waals surface area contributed by atoms with Crippen LogP contribution in [0.3, 0.4) is 0 Å². The van der Waals surface area contributed by atoms with Crippen molar-refractivity contribution in [2.45, 2.75) is 37.2 Å². The molecule has 3 aromatic carbocycles. The van der Waals surface area contributed by atoms with Gasteiger partial charge in [0.15, 0.2) is 0 Å². The number of fused-ring (bicyclic) bond motifs is 1. The van der Waals surface area contributed by atoms with Gasteiger partial charge in [-0.2, -0.15) is 4.98 Å². The molecule has 6 nitrogen and oxygen atoms in total. The highest BCUT2D eigenvalue weighted by atomic mass is 32.2. The van der Waals surface area contributed by atoms with Gasteiger partial charge in [-0.1, -0.05) is 91.5 Å². The Kier molecular flexibility index (Phi) is 6.68. The summed E-state index contributed by atoms with van der Waals surface area (Å²) in [5.74, 6) is 1.25. The number of carbonyl (C=O) groups excluding carboxylic acids is 1. The van der Waals surface area contributed by atoms with Crippen molar-refractivity contribution in [1.82, 2.24) is 14.8 Å². The van der Waals surface area contributed by atoms with E-state index in [2.05, 4.69) is 54.0 Å². The summed E-state index contributed by atoms with van der Waals surface area (Å²) in [6.07, 6.45) is 0.956. The van der Waals surface area contributed by atoms with E-state index in [0.717, 1.165) is 29.1 Å². The summed E-state index contributed by atoms with van der Waals surface area (Å²) in [4.78, 5) is 18.3. The van der Waals surface area contributed by atoms with Crippen LogP contribution in [0.25, 0.3) is 0 Å². The second-order valence-electron chi connectivity index (χ2n) is 8.42. The molecule has 5 rings (SSSR count). The normalized spacial score (nSPS) is 14.9. The number of para-hydroxylation sites is 1. The fraction of sp³-hybridized carbons (Fsp3) is 0.179. The molecule has 1 atom stereocenters. The molecule has 0 saturated carbocycles. The molecule has 2 heterocycles. The first kappa shape index (κ1) is 22.9. The molecule has 4 aromatic rings. The van der Waals surface area contributed by atoms with E-state index >= 15 is 0 Å². The minimum absolute atomic E-state index is 0.162. The second kappa shape index (κ2) is 10.2. The lowest BCUT2D eigenvalue weighted by atomic mass is 9.94. The molecule has 1 aliphatic heterocycles. The van der Waals surface area contributed by atoms with Gasteiger partial charge >= 0.3 is 0 Å². The fourth-order valence-electron chi connectivity index (χ4n) is 4.17. The molecule has 0 unspecified atom stereocenters. The number of anilines is 2. The number of allylic oxidation sites excluding steroid dienone is 1. The van der Waals surface area contributed by atoms with E-state index < -0.39 is 0 Å². The Bertz CT molecular complexity index is 1350. The third-order valence-corrected chi connectivity index (χ3v) is 6.93. The molecule has 1 aromatic heterocycles. The summed E-state index contributed by atoms with van der Waals surface area (Å²) in [5, 5.41) is 11.9. The van der Waals surface area contributed by atoms with Crippen molar-refractivity contribution in [3.05, 3.63) is 113 Å². The first-order valence-electron chi connectivity index (χ1n) is 11.7. The van der Waals surface area contributed by atoms with Crippen molar-refractivity contribution >= 4 is 29.3 Å². The van der Waals surface area contributed by atoms with Crippen molar-refractivity contribution in [2.75, 3.05) is 10.6 Å². The number of thioether (sulfide) groups is 1. The van der Waals surface area contributed by atoms with Crippen molar-refractivity contribution in [2.24, 2.45) is 0 Å². The van der Waals surface area contributed by atoms with E-state index in [1.807, 2.05) is 60.1 Å². The minimum atomic E-state index is -0.389. The Labute approximate surface area is 209 Å². The van der Waals surface area contributed by atoms with E-state index in [9.17, 15) is 4.79 Å². The van der Waals surface area contributed by atoms with E-state index in [1.54, 1.807) is 11.8 Å². The first-order valence-corrected chi connectivity index (χ1v) is 12.7. The average molecular weight is 482 g/mol. The SMILES string of the molecule is CCc1ccc([C@H]2C(C(=O)Nc3ccccc3)=C(C)Nc3nc(SCc4ccccc4)nn32)cc1. The lowest BCUT2D eigenvalue weighted by Crippen LogP contribution is -2.31. The van der Waals surface area contributed by atoms with Gasteiger partial charge in [-0.15, -0.1) is 5.10 Å². The maximum Gasteiger partial charge on any atom is 0.255 e. The molecular formula is C28H27N5OS. The smallest absolute Gasteiger partial charge is 0.255 e. The van der Waals surface area contributed by atoms with Crippen LogP contribution in [0.15, 0.2) is 101 Å². The summed E-state index contributed by atoms with van der Waals surface area (Å²) in [7, 11) is 0. The third-order valence-electron chi connectivity index (χ3n) is 6.02. The predicted molar refractivity (Wildman–Crippen MR) is 141 cm³/mol. The number of amides is 1. The molecule has 0 radical (unpaired) electrons. The van der Waals surface area contributed by atoms with Crippen LogP contribution in [0.5, 0.6) is 0 Å². The lowest BCUT2D eigenvalue weighted by molar-refractivity contribution is -0.113. The average Bonchev–Trinajstić information content (AvgIpc) is 3.30. The van der Waals surface area contributed by atoms with Crippen molar-refractivity contribution in [3.63, 3.8) is 0 Å². The van der Waals surface area contributed by atoms with Crippen LogP contribution in [0, 0.1) is 0 Å². The number of aromatic nitrogens is 3. The van der Waals surface area contributed by atoms with E-state index in [1.165, 1.54) is 11.1 Å². The third kappa shape index (κ3) is 5.00. The molecule has 1 amide bonds. The standard InChI is InChI=1S/C28H27N5OS/c1-3-20-14-16-22(17-15-20)25-24(26(34)30-23-12-8-5-9-13-23)19(2)29-27-31-28(32-33(25)27)35-18-21-10-6-4-7-11-21/h4-17,25H,3,18H2,1-2H3,(H,30,34)(H,29,31,32)/t25-/m0/s1. The Morgan fingerprint density at radius 1 is 0.971 bits per heavy atom. The summed E-state index contributed by atoms with van der Waals surface area (Å²) in [6, 6.07) is 27.8. The van der Waals surface area contributed by atoms with Gasteiger partial charge in [0, 0.05) is 17.1 Å². The maximum absolute atomic E-state index is 13.5. The second-order valence-corrected chi connectivity index (χ2v) is 9.36.